The molecule has 1 unspecified atom stereocenters. The molecule has 0 bridgehead atoms. The number of halogens is 1. The zero-order valence-electron chi connectivity index (χ0n) is 13.8. The third-order valence-corrected chi connectivity index (χ3v) is 4.71. The van der Waals surface area contributed by atoms with Crippen LogP contribution in [0.4, 0.5) is 15.8 Å². The molecule has 4 nitrogen and oxygen atoms in total. The van der Waals surface area contributed by atoms with Gasteiger partial charge in [0, 0.05) is 26.1 Å². The lowest BCUT2D eigenvalue weighted by Gasteiger charge is -2.36. The topological polar surface area (TPSA) is 44.4 Å². The molecule has 25 heavy (non-hydrogen) atoms. The molecular formula is C20H20FN3O. The number of carbonyl (C=O) groups is 1. The van der Waals surface area contributed by atoms with Gasteiger partial charge >= 0.3 is 0 Å². The van der Waals surface area contributed by atoms with E-state index in [2.05, 4.69) is 21.6 Å². The first-order valence-corrected chi connectivity index (χ1v) is 8.54. The van der Waals surface area contributed by atoms with E-state index in [1.165, 1.54) is 12.1 Å². The van der Waals surface area contributed by atoms with Crippen LogP contribution in [0.2, 0.25) is 0 Å². The Bertz CT molecular complexity index is 816. The van der Waals surface area contributed by atoms with E-state index in [1.807, 2.05) is 24.3 Å². The van der Waals surface area contributed by atoms with Crippen LogP contribution >= 0.6 is 0 Å². The van der Waals surface area contributed by atoms with Crippen molar-refractivity contribution in [3.63, 3.8) is 0 Å². The summed E-state index contributed by atoms with van der Waals surface area (Å²) in [5.74, 6) is -0.172. The van der Waals surface area contributed by atoms with Gasteiger partial charge in [0.15, 0.2) is 0 Å². The second kappa shape index (κ2) is 6.69. The van der Waals surface area contributed by atoms with Gasteiger partial charge in [-0.15, -0.1) is 0 Å². The van der Waals surface area contributed by atoms with Crippen LogP contribution in [-0.4, -0.2) is 31.6 Å². The summed E-state index contributed by atoms with van der Waals surface area (Å²) in [7, 11) is 0. The molecule has 1 fully saturated rings. The second-order valence-corrected chi connectivity index (χ2v) is 6.47. The van der Waals surface area contributed by atoms with E-state index in [4.69, 9.17) is 0 Å². The fraction of sp³-hybridized carbons (Fsp3) is 0.250. The molecule has 0 saturated carbocycles. The third-order valence-electron chi connectivity index (χ3n) is 4.71. The Morgan fingerprint density at radius 2 is 1.84 bits per heavy atom. The smallest absolute Gasteiger partial charge is 0.226 e. The predicted molar refractivity (Wildman–Crippen MR) is 99.0 cm³/mol. The van der Waals surface area contributed by atoms with Gasteiger partial charge in [-0.25, -0.2) is 4.39 Å². The number of fused-ring (bicyclic) bond motifs is 3. The molecule has 2 aliphatic rings. The molecule has 1 amide bonds. The fourth-order valence-electron chi connectivity index (χ4n) is 3.44. The monoisotopic (exact) mass is 337 g/mol. The number of hydrogen-bond donors (Lipinski definition) is 2. The molecule has 2 aromatic carbocycles. The average Bonchev–Trinajstić information content (AvgIpc) is 2.76. The fourth-order valence-corrected chi connectivity index (χ4v) is 3.44. The molecule has 1 saturated heterocycles. The van der Waals surface area contributed by atoms with Crippen molar-refractivity contribution in [3.05, 3.63) is 59.4 Å². The molecule has 128 valence electrons. The summed E-state index contributed by atoms with van der Waals surface area (Å²) < 4.78 is 13.0. The molecule has 2 N–H and O–H groups in total. The summed E-state index contributed by atoms with van der Waals surface area (Å²) in [6, 6.07) is 12.7. The maximum absolute atomic E-state index is 13.0. The Hall–Kier alpha value is -2.66. The van der Waals surface area contributed by atoms with E-state index in [9.17, 15) is 9.18 Å². The number of hydrogen-bond acceptors (Lipinski definition) is 3. The maximum Gasteiger partial charge on any atom is 0.226 e. The molecule has 2 aromatic rings. The van der Waals surface area contributed by atoms with Gasteiger partial charge in [-0.05, 0) is 35.4 Å². The molecule has 5 heteroatoms. The lowest BCUT2D eigenvalue weighted by molar-refractivity contribution is -0.116. The molecule has 0 aliphatic carbocycles. The summed E-state index contributed by atoms with van der Waals surface area (Å²) >= 11 is 0. The summed E-state index contributed by atoms with van der Waals surface area (Å²) in [6.07, 6.45) is 4.48. The summed E-state index contributed by atoms with van der Waals surface area (Å²) in [4.78, 5) is 14.4. The van der Waals surface area contributed by atoms with E-state index in [-0.39, 0.29) is 17.8 Å². The molecule has 0 aromatic heterocycles. The molecule has 0 radical (unpaired) electrons. The van der Waals surface area contributed by atoms with Crippen molar-refractivity contribution in [1.29, 1.82) is 0 Å². The minimum atomic E-state index is -0.234. The van der Waals surface area contributed by atoms with Crippen molar-refractivity contribution >= 4 is 29.4 Å². The Morgan fingerprint density at radius 3 is 2.68 bits per heavy atom. The van der Waals surface area contributed by atoms with Gasteiger partial charge in [-0.1, -0.05) is 30.4 Å². The van der Waals surface area contributed by atoms with Crippen LogP contribution in [0, 0.1) is 5.82 Å². The van der Waals surface area contributed by atoms with Crippen LogP contribution in [-0.2, 0) is 4.79 Å². The Balaban J connectivity index is 1.65. The molecule has 0 spiro atoms. The van der Waals surface area contributed by atoms with Gasteiger partial charge in [0.2, 0.25) is 5.91 Å². The Labute approximate surface area is 146 Å². The van der Waals surface area contributed by atoms with Crippen LogP contribution in [0.25, 0.3) is 12.2 Å². The quantitative estimate of drug-likeness (QED) is 0.828. The van der Waals surface area contributed by atoms with Gasteiger partial charge in [0.1, 0.15) is 5.82 Å². The van der Waals surface area contributed by atoms with E-state index in [0.717, 1.165) is 42.1 Å². The highest BCUT2D eigenvalue weighted by atomic mass is 19.1. The number of amides is 1. The first kappa shape index (κ1) is 15.8. The number of carbonyl (C=O) groups excluding carboxylic acids is 1. The number of nitrogens with one attached hydrogen (secondary N) is 2. The van der Waals surface area contributed by atoms with Crippen molar-refractivity contribution in [2.24, 2.45) is 0 Å². The highest BCUT2D eigenvalue weighted by Gasteiger charge is 2.29. The second-order valence-electron chi connectivity index (χ2n) is 6.47. The van der Waals surface area contributed by atoms with Crippen molar-refractivity contribution in [2.75, 3.05) is 29.9 Å². The minimum Gasteiger partial charge on any atom is -0.364 e. The van der Waals surface area contributed by atoms with E-state index in [1.54, 1.807) is 12.1 Å². The number of nitrogens with zero attached hydrogens (tertiary/aromatic N) is 1. The average molecular weight is 337 g/mol. The normalized spacial score (nSPS) is 20.0. The van der Waals surface area contributed by atoms with Crippen LogP contribution in [0.5, 0.6) is 0 Å². The summed E-state index contributed by atoms with van der Waals surface area (Å²) in [6.45, 7) is 2.63. The molecule has 4 rings (SSSR count). The van der Waals surface area contributed by atoms with Gasteiger partial charge in [0.25, 0.3) is 0 Å². The van der Waals surface area contributed by atoms with Crippen LogP contribution in [0.3, 0.4) is 0 Å². The van der Waals surface area contributed by atoms with Gasteiger partial charge in [-0.2, -0.15) is 0 Å². The lowest BCUT2D eigenvalue weighted by Crippen LogP contribution is -2.51. The zero-order chi connectivity index (χ0) is 17.2. The van der Waals surface area contributed by atoms with Gasteiger partial charge in [0.05, 0.1) is 17.4 Å². The van der Waals surface area contributed by atoms with Crippen molar-refractivity contribution in [1.82, 2.24) is 5.32 Å². The van der Waals surface area contributed by atoms with Crippen molar-refractivity contribution < 1.29 is 9.18 Å². The van der Waals surface area contributed by atoms with Crippen LogP contribution in [0.1, 0.15) is 17.5 Å². The molecule has 2 aliphatic heterocycles. The Morgan fingerprint density at radius 1 is 1.08 bits per heavy atom. The maximum atomic E-state index is 13.0. The third kappa shape index (κ3) is 3.42. The van der Waals surface area contributed by atoms with E-state index >= 15 is 0 Å². The zero-order valence-corrected chi connectivity index (χ0v) is 13.8. The largest absolute Gasteiger partial charge is 0.364 e. The van der Waals surface area contributed by atoms with E-state index < -0.39 is 0 Å². The molecular weight excluding hydrogens is 317 g/mol. The number of piperazine rings is 1. The first-order valence-electron chi connectivity index (χ1n) is 8.54. The van der Waals surface area contributed by atoms with Gasteiger partial charge < -0.3 is 15.5 Å². The van der Waals surface area contributed by atoms with Gasteiger partial charge in [-0.3, -0.25) is 4.79 Å². The number of anilines is 2. The van der Waals surface area contributed by atoms with Crippen molar-refractivity contribution in [3.8, 4) is 0 Å². The van der Waals surface area contributed by atoms with Crippen LogP contribution < -0.4 is 15.5 Å². The number of rotatable bonds is 2. The lowest BCUT2D eigenvalue weighted by atomic mass is 10.1. The van der Waals surface area contributed by atoms with Crippen molar-refractivity contribution in [2.45, 2.75) is 12.5 Å². The standard InChI is InChI=1S/C20H20FN3O/c21-16-6-3-14(4-7-16)1-2-15-5-8-18-19(11-15)24-10-9-22-13-17(24)12-20(25)23-18/h1-8,11,17,22H,9-10,12-13H2,(H,23,25). The number of benzene rings is 2. The molecule has 2 heterocycles. The van der Waals surface area contributed by atoms with Crippen LogP contribution in [0.15, 0.2) is 42.5 Å². The SMILES string of the molecule is O=C1CC2CNCCN2c2cc(C=Cc3ccc(F)cc3)ccc2N1. The minimum absolute atomic E-state index is 0.0621. The Kier molecular flexibility index (Phi) is 4.24. The molecule has 1 atom stereocenters. The first-order chi connectivity index (χ1) is 12.2. The summed E-state index contributed by atoms with van der Waals surface area (Å²) in [5.41, 5.74) is 3.94. The highest BCUT2D eigenvalue weighted by molar-refractivity contribution is 5.97. The predicted octanol–water partition coefficient (Wildman–Crippen LogP) is 3.12. The highest BCUT2D eigenvalue weighted by Crippen LogP contribution is 2.33. The summed E-state index contributed by atoms with van der Waals surface area (Å²) in [5, 5.41) is 6.37. The van der Waals surface area contributed by atoms with E-state index in [0.29, 0.717) is 6.42 Å².